The largest absolute Gasteiger partial charge is 0.409 e. The Balaban J connectivity index is 0.000000370. The first kappa shape index (κ1) is 23.9. The zero-order valence-corrected chi connectivity index (χ0v) is 16.3. The van der Waals surface area contributed by atoms with E-state index in [4.69, 9.17) is 11.6 Å². The number of hydrogen-bond acceptors (Lipinski definition) is 4. The van der Waals surface area contributed by atoms with Crippen LogP contribution < -0.4 is 0 Å². The number of sulfone groups is 1. The van der Waals surface area contributed by atoms with Gasteiger partial charge in [-0.2, -0.15) is 13.2 Å². The van der Waals surface area contributed by atoms with E-state index in [-0.39, 0.29) is 17.0 Å². The van der Waals surface area contributed by atoms with Crippen LogP contribution in [-0.4, -0.2) is 25.1 Å². The normalized spacial score (nSPS) is 12.8. The predicted octanol–water partition coefficient (Wildman–Crippen LogP) is 4.84. The highest BCUT2D eigenvalue weighted by Gasteiger charge is 2.34. The summed E-state index contributed by atoms with van der Waals surface area (Å²) in [6.45, 7) is 0. The first-order valence-electron chi connectivity index (χ1n) is 7.44. The van der Waals surface area contributed by atoms with E-state index >= 15 is 0 Å². The van der Waals surface area contributed by atoms with Crippen molar-refractivity contribution in [3.05, 3.63) is 78.4 Å². The van der Waals surface area contributed by atoms with Gasteiger partial charge in [0.05, 0.1) is 4.90 Å². The molecule has 10 heteroatoms. The first-order chi connectivity index (χ1) is 12.9. The standard InChI is InChI=1S/C14H11ClO3S.C4H2ClF3O/c15-14(16)13(11-7-3-1-4-8-11)19(17,18)12-9-5-2-6-10-12;5-3(9)1-2-4(6,7)8/h1-10,13H;1-2H. The number of halogens is 5. The van der Waals surface area contributed by atoms with Crippen LogP contribution in [0.4, 0.5) is 13.2 Å². The maximum absolute atomic E-state index is 12.5. The molecule has 0 aliphatic heterocycles. The van der Waals surface area contributed by atoms with Gasteiger partial charge in [-0.05, 0) is 40.9 Å². The maximum Gasteiger partial charge on any atom is 0.409 e. The van der Waals surface area contributed by atoms with Crippen molar-refractivity contribution in [2.45, 2.75) is 16.3 Å². The Morgan fingerprint density at radius 3 is 1.71 bits per heavy atom. The number of carbonyl (C=O) groups is 2. The lowest BCUT2D eigenvalue weighted by atomic mass is 10.2. The highest BCUT2D eigenvalue weighted by Crippen LogP contribution is 2.30. The highest BCUT2D eigenvalue weighted by atomic mass is 35.5. The van der Waals surface area contributed by atoms with Gasteiger partial charge >= 0.3 is 6.18 Å². The second-order valence-electron chi connectivity index (χ2n) is 5.13. The zero-order valence-electron chi connectivity index (χ0n) is 13.9. The lowest BCUT2D eigenvalue weighted by Gasteiger charge is -2.14. The van der Waals surface area contributed by atoms with Gasteiger partial charge in [-0.15, -0.1) is 0 Å². The van der Waals surface area contributed by atoms with Crippen molar-refractivity contribution in [1.29, 1.82) is 0 Å². The monoisotopic (exact) mass is 452 g/mol. The third-order valence-corrected chi connectivity index (χ3v) is 5.60. The fourth-order valence-corrected chi connectivity index (χ4v) is 4.08. The van der Waals surface area contributed by atoms with Gasteiger partial charge in [0.1, 0.15) is 0 Å². The fourth-order valence-electron chi connectivity index (χ4n) is 1.97. The summed E-state index contributed by atoms with van der Waals surface area (Å²) in [6.07, 6.45) is -4.42. The number of allylic oxidation sites excluding steroid dienone is 2. The van der Waals surface area contributed by atoms with Gasteiger partial charge in [0, 0.05) is 12.2 Å². The van der Waals surface area contributed by atoms with Crippen molar-refractivity contribution in [2.24, 2.45) is 0 Å². The molecule has 0 N–H and O–H groups in total. The average molecular weight is 453 g/mol. The summed E-state index contributed by atoms with van der Waals surface area (Å²) in [5.74, 6) is 0. The Morgan fingerprint density at radius 1 is 0.893 bits per heavy atom. The maximum atomic E-state index is 12.5. The van der Waals surface area contributed by atoms with Gasteiger partial charge < -0.3 is 0 Å². The molecule has 0 aromatic heterocycles. The minimum Gasteiger partial charge on any atom is -0.279 e. The van der Waals surface area contributed by atoms with Gasteiger partial charge in [-0.1, -0.05) is 48.5 Å². The van der Waals surface area contributed by atoms with Crippen LogP contribution >= 0.6 is 23.2 Å². The smallest absolute Gasteiger partial charge is 0.279 e. The third-order valence-electron chi connectivity index (χ3n) is 3.09. The van der Waals surface area contributed by atoms with Crippen molar-refractivity contribution in [1.82, 2.24) is 0 Å². The number of hydrogen-bond donors (Lipinski definition) is 0. The van der Waals surface area contributed by atoms with Crippen LogP contribution in [-0.2, 0) is 19.4 Å². The number of alkyl halides is 3. The molecule has 150 valence electrons. The Hall–Kier alpha value is -2.16. The van der Waals surface area contributed by atoms with Crippen LogP contribution in [0.1, 0.15) is 10.8 Å². The predicted molar refractivity (Wildman–Crippen MR) is 99.7 cm³/mol. The molecule has 1 atom stereocenters. The molecule has 0 radical (unpaired) electrons. The van der Waals surface area contributed by atoms with E-state index in [9.17, 15) is 31.2 Å². The molecule has 0 saturated carbocycles. The van der Waals surface area contributed by atoms with Gasteiger partial charge in [-0.25, -0.2) is 8.42 Å². The van der Waals surface area contributed by atoms with Crippen molar-refractivity contribution in [3.8, 4) is 0 Å². The van der Waals surface area contributed by atoms with E-state index in [1.54, 1.807) is 48.5 Å². The summed E-state index contributed by atoms with van der Waals surface area (Å²) >= 11 is 10.1. The summed E-state index contributed by atoms with van der Waals surface area (Å²) in [5.41, 5.74) is 0.367. The second-order valence-corrected chi connectivity index (χ2v) is 7.91. The number of carbonyl (C=O) groups excluding carboxylic acids is 2. The molecule has 0 saturated heterocycles. The molecule has 2 aromatic rings. The Morgan fingerprint density at radius 2 is 1.36 bits per heavy atom. The summed E-state index contributed by atoms with van der Waals surface area (Å²) in [4.78, 5) is 21.3. The fraction of sp³-hybridized carbons (Fsp3) is 0.111. The van der Waals surface area contributed by atoms with Crippen LogP contribution in [0.25, 0.3) is 0 Å². The van der Waals surface area contributed by atoms with E-state index in [2.05, 4.69) is 11.6 Å². The molecule has 2 rings (SSSR count). The lowest BCUT2D eigenvalue weighted by molar-refractivity contribution is -0.111. The van der Waals surface area contributed by atoms with Crippen molar-refractivity contribution >= 4 is 43.5 Å². The van der Waals surface area contributed by atoms with Crippen LogP contribution in [0.3, 0.4) is 0 Å². The molecule has 0 aliphatic rings. The topological polar surface area (TPSA) is 68.3 Å². The Labute approximate surface area is 169 Å². The SMILES string of the molecule is O=C(Cl)C(c1ccccc1)S(=O)(=O)c1ccccc1.O=C(Cl)C=CC(F)(F)F. The van der Waals surface area contributed by atoms with Gasteiger partial charge in [0.15, 0.2) is 15.1 Å². The first-order valence-corrected chi connectivity index (χ1v) is 9.74. The second kappa shape index (κ2) is 10.4. The van der Waals surface area contributed by atoms with Crippen LogP contribution in [0.5, 0.6) is 0 Å². The molecule has 0 amide bonds. The van der Waals surface area contributed by atoms with Crippen molar-refractivity contribution in [2.75, 3.05) is 0 Å². The number of benzene rings is 2. The molecule has 0 spiro atoms. The minimum absolute atomic E-state index is 0.0813. The molecular weight excluding hydrogens is 440 g/mol. The van der Waals surface area contributed by atoms with Gasteiger partial charge in [0.25, 0.3) is 0 Å². The minimum atomic E-state index is -4.45. The lowest BCUT2D eigenvalue weighted by Crippen LogP contribution is -2.19. The van der Waals surface area contributed by atoms with Gasteiger partial charge in [0.2, 0.25) is 10.5 Å². The molecule has 4 nitrogen and oxygen atoms in total. The van der Waals surface area contributed by atoms with Crippen LogP contribution in [0, 0.1) is 0 Å². The molecule has 28 heavy (non-hydrogen) atoms. The highest BCUT2D eigenvalue weighted by molar-refractivity contribution is 7.92. The van der Waals surface area contributed by atoms with E-state index in [1.807, 2.05) is 0 Å². The molecule has 0 bridgehead atoms. The van der Waals surface area contributed by atoms with E-state index in [1.165, 1.54) is 12.1 Å². The molecule has 2 aromatic carbocycles. The summed E-state index contributed by atoms with van der Waals surface area (Å²) in [6, 6.07) is 16.0. The van der Waals surface area contributed by atoms with Crippen LogP contribution in [0.15, 0.2) is 77.7 Å². The van der Waals surface area contributed by atoms with Gasteiger partial charge in [-0.3, -0.25) is 9.59 Å². The van der Waals surface area contributed by atoms with E-state index < -0.39 is 31.7 Å². The average Bonchev–Trinajstić information content (AvgIpc) is 2.61. The van der Waals surface area contributed by atoms with Crippen LogP contribution in [0.2, 0.25) is 0 Å². The number of rotatable bonds is 5. The quantitative estimate of drug-likeness (QED) is 0.480. The molecule has 0 fully saturated rings. The zero-order chi connectivity index (χ0) is 21.4. The summed E-state index contributed by atoms with van der Waals surface area (Å²) < 4.78 is 58.3. The van der Waals surface area contributed by atoms with Crippen molar-refractivity contribution in [3.63, 3.8) is 0 Å². The molecule has 0 aliphatic carbocycles. The van der Waals surface area contributed by atoms with E-state index in [0.29, 0.717) is 5.56 Å². The third kappa shape index (κ3) is 7.84. The summed E-state index contributed by atoms with van der Waals surface area (Å²) in [5, 5.41) is -3.42. The van der Waals surface area contributed by atoms with Crippen molar-refractivity contribution < 1.29 is 31.2 Å². The molecule has 0 heterocycles. The van der Waals surface area contributed by atoms with E-state index in [0.717, 1.165) is 0 Å². The molecule has 1 unspecified atom stereocenters. The Bertz CT molecular complexity index is 928. The molecular formula is C18H13Cl2F3O4S. The Kier molecular flexibility index (Phi) is 8.87. The summed E-state index contributed by atoms with van der Waals surface area (Å²) in [7, 11) is -3.83.